The van der Waals surface area contributed by atoms with Gasteiger partial charge in [0.15, 0.2) is 0 Å². The molecule has 0 saturated carbocycles. The molecule has 0 bridgehead atoms. The summed E-state index contributed by atoms with van der Waals surface area (Å²) in [4.78, 5) is 0. The summed E-state index contributed by atoms with van der Waals surface area (Å²) in [6.07, 6.45) is 0.961. The van der Waals surface area contributed by atoms with Crippen molar-refractivity contribution in [2.75, 3.05) is 7.11 Å². The Labute approximate surface area is 111 Å². The lowest BCUT2D eigenvalue weighted by molar-refractivity contribution is -0.0914. The van der Waals surface area contributed by atoms with Crippen LogP contribution in [0.25, 0.3) is 0 Å². The predicted molar refractivity (Wildman–Crippen MR) is 75.9 cm³/mol. The van der Waals surface area contributed by atoms with Crippen LogP contribution in [0.3, 0.4) is 0 Å². The number of aliphatic hydroxyl groups is 1. The van der Waals surface area contributed by atoms with Crippen LogP contribution in [-0.4, -0.2) is 23.9 Å². The van der Waals surface area contributed by atoms with Crippen LogP contribution in [0.1, 0.15) is 51.2 Å². The molecule has 0 heterocycles. The van der Waals surface area contributed by atoms with Crippen LogP contribution in [0.15, 0.2) is 24.3 Å². The van der Waals surface area contributed by atoms with E-state index in [9.17, 15) is 5.11 Å². The lowest BCUT2D eigenvalue weighted by Crippen LogP contribution is -2.42. The van der Waals surface area contributed by atoms with Crippen LogP contribution in [0, 0.1) is 0 Å². The molecule has 2 nitrogen and oxygen atoms in total. The summed E-state index contributed by atoms with van der Waals surface area (Å²) in [5, 5.41) is 10.3. The Bertz CT molecular complexity index is 350. The summed E-state index contributed by atoms with van der Waals surface area (Å²) >= 11 is 0. The summed E-state index contributed by atoms with van der Waals surface area (Å²) < 4.78 is 5.43. The van der Waals surface area contributed by atoms with E-state index in [0.29, 0.717) is 12.3 Å². The van der Waals surface area contributed by atoms with Gasteiger partial charge in [-0.15, -0.1) is 0 Å². The summed E-state index contributed by atoms with van der Waals surface area (Å²) in [5.41, 5.74) is 2.03. The fraction of sp³-hybridized carbons (Fsp3) is 0.625. The largest absolute Gasteiger partial charge is 0.390 e. The summed E-state index contributed by atoms with van der Waals surface area (Å²) in [6.45, 7) is 8.36. The number of hydrogen-bond donors (Lipinski definition) is 1. The van der Waals surface area contributed by atoms with Gasteiger partial charge in [0.1, 0.15) is 0 Å². The normalized spacial score (nSPS) is 16.6. The van der Waals surface area contributed by atoms with Gasteiger partial charge >= 0.3 is 0 Å². The third-order valence-corrected chi connectivity index (χ3v) is 3.95. The molecular weight excluding hydrogens is 224 g/mol. The van der Waals surface area contributed by atoms with E-state index < -0.39 is 11.7 Å². The quantitative estimate of drug-likeness (QED) is 0.837. The number of aliphatic hydroxyl groups excluding tert-OH is 1. The molecule has 1 aromatic carbocycles. The Hall–Kier alpha value is -0.860. The minimum absolute atomic E-state index is 0.462. The van der Waals surface area contributed by atoms with Gasteiger partial charge in [-0.25, -0.2) is 0 Å². The molecule has 0 spiro atoms. The highest BCUT2D eigenvalue weighted by Gasteiger charge is 2.30. The van der Waals surface area contributed by atoms with E-state index in [4.69, 9.17) is 4.74 Å². The highest BCUT2D eigenvalue weighted by Crippen LogP contribution is 2.23. The Kier molecular flexibility index (Phi) is 5.36. The molecule has 0 aromatic heterocycles. The molecule has 0 amide bonds. The van der Waals surface area contributed by atoms with E-state index in [1.54, 1.807) is 7.11 Å². The van der Waals surface area contributed by atoms with E-state index in [1.807, 2.05) is 13.8 Å². The first-order chi connectivity index (χ1) is 8.42. The highest BCUT2D eigenvalue weighted by molar-refractivity contribution is 5.25. The van der Waals surface area contributed by atoms with Crippen molar-refractivity contribution in [1.82, 2.24) is 0 Å². The maximum atomic E-state index is 10.3. The van der Waals surface area contributed by atoms with E-state index in [-0.39, 0.29) is 0 Å². The van der Waals surface area contributed by atoms with Gasteiger partial charge in [-0.3, -0.25) is 0 Å². The number of methoxy groups -OCH3 is 1. The van der Waals surface area contributed by atoms with E-state index in [2.05, 4.69) is 38.1 Å². The molecule has 1 N–H and O–H groups in total. The predicted octanol–water partition coefficient (Wildman–Crippen LogP) is 3.53. The molecule has 0 fully saturated rings. The maximum Gasteiger partial charge on any atom is 0.0909 e. The SMILES string of the molecule is CCC(C)(OC)C(O)Cc1ccc(C(C)C)cc1. The molecule has 0 saturated heterocycles. The molecule has 18 heavy (non-hydrogen) atoms. The molecule has 2 heteroatoms. The fourth-order valence-electron chi connectivity index (χ4n) is 1.99. The standard InChI is InChI=1S/C16H26O2/c1-6-16(4,18-5)15(17)11-13-7-9-14(10-8-13)12(2)3/h7-10,12,15,17H,6,11H2,1-5H3. The first kappa shape index (κ1) is 15.2. The second-order valence-corrected chi connectivity index (χ2v) is 5.49. The van der Waals surface area contributed by atoms with E-state index in [0.717, 1.165) is 12.0 Å². The van der Waals surface area contributed by atoms with Gasteiger partial charge in [-0.05, 0) is 30.4 Å². The van der Waals surface area contributed by atoms with Gasteiger partial charge in [0.2, 0.25) is 0 Å². The van der Waals surface area contributed by atoms with Crippen LogP contribution in [0.5, 0.6) is 0 Å². The zero-order valence-corrected chi connectivity index (χ0v) is 12.2. The van der Waals surface area contributed by atoms with Crippen LogP contribution in [0.4, 0.5) is 0 Å². The molecular formula is C16H26O2. The number of ether oxygens (including phenoxy) is 1. The lowest BCUT2D eigenvalue weighted by atomic mass is 9.90. The summed E-state index contributed by atoms with van der Waals surface area (Å²) in [6, 6.07) is 8.49. The second-order valence-electron chi connectivity index (χ2n) is 5.49. The third-order valence-electron chi connectivity index (χ3n) is 3.95. The number of rotatable bonds is 6. The number of hydrogen-bond acceptors (Lipinski definition) is 2. The first-order valence-electron chi connectivity index (χ1n) is 6.75. The molecule has 1 rings (SSSR count). The zero-order valence-electron chi connectivity index (χ0n) is 12.2. The van der Waals surface area contributed by atoms with Gasteiger partial charge in [-0.2, -0.15) is 0 Å². The van der Waals surface area contributed by atoms with Crippen molar-refractivity contribution in [1.29, 1.82) is 0 Å². The average Bonchev–Trinajstić information content (AvgIpc) is 2.38. The van der Waals surface area contributed by atoms with Gasteiger partial charge in [0.05, 0.1) is 11.7 Å². The maximum absolute atomic E-state index is 10.3. The molecule has 2 unspecified atom stereocenters. The van der Waals surface area contributed by atoms with Crippen molar-refractivity contribution < 1.29 is 9.84 Å². The molecule has 0 radical (unpaired) electrons. The fourth-order valence-corrected chi connectivity index (χ4v) is 1.99. The Morgan fingerprint density at radius 1 is 1.22 bits per heavy atom. The van der Waals surface area contributed by atoms with Crippen molar-refractivity contribution in [3.63, 3.8) is 0 Å². The molecule has 1 aromatic rings. The van der Waals surface area contributed by atoms with Crippen molar-refractivity contribution in [2.24, 2.45) is 0 Å². The Morgan fingerprint density at radius 3 is 2.17 bits per heavy atom. The van der Waals surface area contributed by atoms with Crippen LogP contribution in [0.2, 0.25) is 0 Å². The van der Waals surface area contributed by atoms with Crippen LogP contribution in [-0.2, 0) is 11.2 Å². The first-order valence-corrected chi connectivity index (χ1v) is 6.75. The molecule has 0 aliphatic carbocycles. The molecule has 0 aliphatic rings. The zero-order chi connectivity index (χ0) is 13.8. The topological polar surface area (TPSA) is 29.5 Å². The van der Waals surface area contributed by atoms with Crippen molar-refractivity contribution in [3.05, 3.63) is 35.4 Å². The monoisotopic (exact) mass is 250 g/mol. The van der Waals surface area contributed by atoms with Gasteiger partial charge < -0.3 is 9.84 Å². The molecule has 102 valence electrons. The van der Waals surface area contributed by atoms with Crippen molar-refractivity contribution in [3.8, 4) is 0 Å². The highest BCUT2D eigenvalue weighted by atomic mass is 16.5. The lowest BCUT2D eigenvalue weighted by Gasteiger charge is -2.32. The van der Waals surface area contributed by atoms with Crippen molar-refractivity contribution >= 4 is 0 Å². The number of benzene rings is 1. The summed E-state index contributed by atoms with van der Waals surface area (Å²) in [5.74, 6) is 0.545. The molecule has 0 aliphatic heterocycles. The summed E-state index contributed by atoms with van der Waals surface area (Å²) in [7, 11) is 1.66. The van der Waals surface area contributed by atoms with E-state index in [1.165, 1.54) is 5.56 Å². The second kappa shape index (κ2) is 6.35. The van der Waals surface area contributed by atoms with Crippen LogP contribution < -0.4 is 0 Å². The Balaban J connectivity index is 2.73. The van der Waals surface area contributed by atoms with E-state index >= 15 is 0 Å². The van der Waals surface area contributed by atoms with Crippen LogP contribution >= 0.6 is 0 Å². The molecule has 2 atom stereocenters. The average molecular weight is 250 g/mol. The smallest absolute Gasteiger partial charge is 0.0909 e. The van der Waals surface area contributed by atoms with Gasteiger partial charge in [0, 0.05) is 13.5 Å². The minimum atomic E-state index is -0.475. The third kappa shape index (κ3) is 3.56. The van der Waals surface area contributed by atoms with Gasteiger partial charge in [-0.1, -0.05) is 45.0 Å². The van der Waals surface area contributed by atoms with Gasteiger partial charge in [0.25, 0.3) is 0 Å². The minimum Gasteiger partial charge on any atom is -0.390 e. The Morgan fingerprint density at radius 2 is 1.78 bits per heavy atom. The van der Waals surface area contributed by atoms with Crippen molar-refractivity contribution in [2.45, 2.75) is 58.2 Å².